The van der Waals surface area contributed by atoms with Gasteiger partial charge in [-0.2, -0.15) is 0 Å². The van der Waals surface area contributed by atoms with Crippen molar-refractivity contribution in [3.8, 4) is 17.2 Å². The number of allylic oxidation sites excluding steroid dienone is 5. The van der Waals surface area contributed by atoms with E-state index in [0.29, 0.717) is 52.2 Å². The van der Waals surface area contributed by atoms with Crippen molar-refractivity contribution in [3.63, 3.8) is 0 Å². The van der Waals surface area contributed by atoms with Crippen molar-refractivity contribution in [1.82, 2.24) is 4.90 Å². The molecule has 302 valence electrons. The van der Waals surface area contributed by atoms with Gasteiger partial charge in [0.2, 0.25) is 0 Å². The summed E-state index contributed by atoms with van der Waals surface area (Å²) >= 11 is 0. The summed E-state index contributed by atoms with van der Waals surface area (Å²) in [6.07, 6.45) is 12.6. The van der Waals surface area contributed by atoms with E-state index in [0.717, 1.165) is 46.5 Å². The molecule has 0 amide bonds. The fraction of sp³-hybridized carbons (Fsp3) is 0.449. The smallest absolute Gasteiger partial charge is 0.333 e. The van der Waals surface area contributed by atoms with Crippen LogP contribution in [0.25, 0.3) is 17.5 Å². The van der Waals surface area contributed by atoms with Gasteiger partial charge >= 0.3 is 5.97 Å². The van der Waals surface area contributed by atoms with Crippen LogP contribution in [0.5, 0.6) is 17.2 Å². The molecular formula is C49H53NO8. The molecular weight excluding hydrogens is 731 g/mol. The third-order valence-corrected chi connectivity index (χ3v) is 13.9. The highest BCUT2D eigenvalue weighted by Gasteiger charge is 2.84. The number of fused-ring (bicyclic) bond motifs is 5. The second-order valence-corrected chi connectivity index (χ2v) is 18.5. The number of ether oxygens (including phenoxy) is 4. The van der Waals surface area contributed by atoms with Crippen LogP contribution < -0.4 is 9.47 Å². The fourth-order valence-electron chi connectivity index (χ4n) is 11.4. The van der Waals surface area contributed by atoms with E-state index in [1.165, 1.54) is 12.7 Å². The molecule has 1 saturated heterocycles. The normalized spacial score (nSPS) is 30.2. The summed E-state index contributed by atoms with van der Waals surface area (Å²) in [4.78, 5) is 45.2. The van der Waals surface area contributed by atoms with Gasteiger partial charge in [-0.05, 0) is 93.2 Å². The van der Waals surface area contributed by atoms with Gasteiger partial charge < -0.3 is 29.0 Å². The second-order valence-electron chi connectivity index (χ2n) is 18.5. The molecule has 4 aliphatic heterocycles. The molecule has 9 heteroatoms. The molecule has 10 rings (SSSR count). The van der Waals surface area contributed by atoms with Crippen LogP contribution in [0.4, 0.5) is 0 Å². The van der Waals surface area contributed by atoms with Gasteiger partial charge in [0.25, 0.3) is 0 Å². The van der Waals surface area contributed by atoms with Crippen LogP contribution in [0.1, 0.15) is 114 Å². The first-order valence-electron chi connectivity index (χ1n) is 20.6. The number of methoxy groups -OCH3 is 1. The molecule has 8 aliphatic rings. The Morgan fingerprint density at radius 2 is 1.67 bits per heavy atom. The van der Waals surface area contributed by atoms with E-state index in [2.05, 4.69) is 51.7 Å². The Hall–Kier alpha value is -5.15. The number of aromatic hydroxyl groups is 1. The van der Waals surface area contributed by atoms with Crippen LogP contribution in [-0.2, 0) is 25.5 Å². The average molecular weight is 784 g/mol. The zero-order valence-corrected chi connectivity index (χ0v) is 35.2. The van der Waals surface area contributed by atoms with Gasteiger partial charge in [0, 0.05) is 64.6 Å². The molecule has 9 nitrogen and oxygen atoms in total. The Morgan fingerprint density at radius 3 is 2.36 bits per heavy atom. The monoisotopic (exact) mass is 783 g/mol. The standard InChI is InChI=1S/C49H53NO8/c1-25(2)14-13-21-47(8)22-20-30-41(52)36-39-37-34(35-38(50(39)9)28-15-11-12-16-29(28)40(35)51)32-24-33-46(6,7)58-48(44(32)53,23-19-27(5)45(54)55-10)49(33,37)57-43(36)31(42(30)56-47)18-17-26(3)4/h11-12,14-17,19-20,22,32-34,52H,13,18,21,23-24H2,1-10H3. The Balaban J connectivity index is 1.37. The molecule has 2 aromatic carbocycles. The predicted octanol–water partition coefficient (Wildman–Crippen LogP) is 9.10. The summed E-state index contributed by atoms with van der Waals surface area (Å²) in [7, 11) is 3.29. The van der Waals surface area contributed by atoms with Crippen LogP contribution in [0.2, 0.25) is 0 Å². The van der Waals surface area contributed by atoms with Gasteiger partial charge in [-0.25, -0.2) is 4.79 Å². The minimum Gasteiger partial charge on any atom is -0.506 e. The van der Waals surface area contributed by atoms with Crippen molar-refractivity contribution in [2.45, 2.75) is 110 Å². The molecule has 58 heavy (non-hydrogen) atoms. The molecule has 0 aromatic heterocycles. The number of hydrogen-bond acceptors (Lipinski definition) is 9. The molecule has 1 spiro atoms. The molecule has 4 heterocycles. The first kappa shape index (κ1) is 38.4. The number of benzene rings is 2. The number of ketones is 2. The van der Waals surface area contributed by atoms with Gasteiger partial charge in [-0.3, -0.25) is 9.59 Å². The summed E-state index contributed by atoms with van der Waals surface area (Å²) in [5.41, 5.74) is 4.27. The summed E-state index contributed by atoms with van der Waals surface area (Å²) in [6.45, 7) is 16.0. The first-order chi connectivity index (χ1) is 27.4. The Morgan fingerprint density at radius 1 is 0.966 bits per heavy atom. The van der Waals surface area contributed by atoms with Crippen molar-refractivity contribution in [2.24, 2.45) is 17.8 Å². The average Bonchev–Trinajstić information content (AvgIpc) is 3.55. The lowest BCUT2D eigenvalue weighted by Gasteiger charge is -2.63. The summed E-state index contributed by atoms with van der Waals surface area (Å²) < 4.78 is 27.0. The highest BCUT2D eigenvalue weighted by molar-refractivity contribution is 6.23. The number of carbonyl (C=O) groups excluding carboxylic acids is 3. The molecule has 0 radical (unpaired) electrons. The lowest BCUT2D eigenvalue weighted by atomic mass is 9.44. The molecule has 4 fully saturated rings. The van der Waals surface area contributed by atoms with E-state index in [1.54, 1.807) is 13.0 Å². The Kier molecular flexibility index (Phi) is 8.39. The molecule has 1 N–H and O–H groups in total. The van der Waals surface area contributed by atoms with Crippen molar-refractivity contribution in [2.75, 3.05) is 14.2 Å². The minimum absolute atomic E-state index is 0.0222. The SMILES string of the molecule is COC(=O)C(C)=CCC12OC(C)(C)C3CC(C1=O)C1C4=C(c5ccccc5C4=O)N(C)C4=C1C32Oc1c(CC=C(C)C)c2c(c(O)c14)C=CC(C)(CCC=C(C)C)O2. The second kappa shape index (κ2) is 12.7. The maximum atomic E-state index is 15.6. The number of phenolic OH excluding ortho intramolecular Hbond substituents is 1. The molecule has 6 unspecified atom stereocenters. The van der Waals surface area contributed by atoms with E-state index in [1.807, 2.05) is 57.3 Å². The van der Waals surface area contributed by atoms with Crippen LogP contribution in [-0.4, -0.2) is 64.1 Å². The maximum Gasteiger partial charge on any atom is 0.333 e. The summed E-state index contributed by atoms with van der Waals surface area (Å²) in [6, 6.07) is 7.62. The van der Waals surface area contributed by atoms with Crippen LogP contribution in [0.15, 0.2) is 76.4 Å². The van der Waals surface area contributed by atoms with E-state index in [9.17, 15) is 14.7 Å². The molecule has 4 bridgehead atoms. The zero-order chi connectivity index (χ0) is 41.4. The van der Waals surface area contributed by atoms with E-state index in [4.69, 9.17) is 18.9 Å². The van der Waals surface area contributed by atoms with Crippen LogP contribution >= 0.6 is 0 Å². The topological polar surface area (TPSA) is 112 Å². The van der Waals surface area contributed by atoms with Crippen molar-refractivity contribution >= 4 is 35.0 Å². The quantitative estimate of drug-likeness (QED) is 0.159. The van der Waals surface area contributed by atoms with E-state index >= 15 is 4.79 Å². The number of esters is 1. The third-order valence-electron chi connectivity index (χ3n) is 13.9. The third kappa shape index (κ3) is 4.88. The lowest BCUT2D eigenvalue weighted by Crippen LogP contribution is -2.75. The fourth-order valence-corrected chi connectivity index (χ4v) is 11.4. The highest BCUT2D eigenvalue weighted by atomic mass is 16.6. The van der Waals surface area contributed by atoms with E-state index in [-0.39, 0.29) is 29.7 Å². The molecule has 6 atom stereocenters. The largest absolute Gasteiger partial charge is 0.506 e. The van der Waals surface area contributed by atoms with E-state index < -0.39 is 40.2 Å². The highest BCUT2D eigenvalue weighted by Crippen LogP contribution is 2.75. The number of hydrogen-bond donors (Lipinski definition) is 1. The number of nitrogens with zero attached hydrogens (tertiary/aromatic N) is 1. The van der Waals surface area contributed by atoms with Crippen molar-refractivity contribution in [3.05, 3.63) is 104 Å². The first-order valence-corrected chi connectivity index (χ1v) is 20.6. The number of rotatable bonds is 8. The van der Waals surface area contributed by atoms with Gasteiger partial charge in [0.1, 0.15) is 22.8 Å². The number of carbonyl (C=O) groups is 3. The molecule has 3 saturated carbocycles. The summed E-state index contributed by atoms with van der Waals surface area (Å²) in [5, 5.41) is 12.8. The van der Waals surface area contributed by atoms with Gasteiger partial charge in [0.15, 0.2) is 22.8 Å². The maximum absolute atomic E-state index is 15.6. The van der Waals surface area contributed by atoms with Gasteiger partial charge in [0.05, 0.1) is 35.2 Å². The predicted molar refractivity (Wildman–Crippen MR) is 222 cm³/mol. The minimum atomic E-state index is -1.57. The zero-order valence-electron chi connectivity index (χ0n) is 35.2. The van der Waals surface area contributed by atoms with Gasteiger partial charge in [-0.15, -0.1) is 0 Å². The van der Waals surface area contributed by atoms with Crippen LogP contribution in [0.3, 0.4) is 0 Å². The van der Waals surface area contributed by atoms with Crippen molar-refractivity contribution < 1.29 is 38.4 Å². The Labute approximate surface area is 340 Å². The van der Waals surface area contributed by atoms with Gasteiger partial charge in [-0.1, -0.05) is 53.6 Å². The Bertz CT molecular complexity index is 2450. The lowest BCUT2D eigenvalue weighted by molar-refractivity contribution is -0.181. The molecule has 4 aliphatic carbocycles. The number of phenols is 1. The summed E-state index contributed by atoms with van der Waals surface area (Å²) in [5.74, 6) is -1.27. The van der Waals surface area contributed by atoms with Crippen molar-refractivity contribution in [1.29, 1.82) is 0 Å². The van der Waals surface area contributed by atoms with Crippen LogP contribution in [0, 0.1) is 17.8 Å². The number of Topliss-reactive ketones (excluding diaryl/α,β-unsaturated/α-hetero) is 2. The molecule has 2 aromatic rings.